The van der Waals surface area contributed by atoms with Crippen LogP contribution in [0.15, 0.2) is 30.3 Å². The Bertz CT molecular complexity index is 632. The molecule has 2 fully saturated rings. The molecule has 1 atom stereocenters. The number of nitrogens with zero attached hydrogens (tertiary/aromatic N) is 2. The van der Waals surface area contributed by atoms with E-state index in [0.29, 0.717) is 38.7 Å². The van der Waals surface area contributed by atoms with Crippen molar-refractivity contribution in [1.29, 1.82) is 0 Å². The first-order valence-electron chi connectivity index (χ1n) is 9.65. The first-order chi connectivity index (χ1) is 12.4. The minimum absolute atomic E-state index is 0.0417. The Morgan fingerprint density at radius 2 is 1.65 bits per heavy atom. The molecule has 0 spiro atoms. The van der Waals surface area contributed by atoms with E-state index in [0.717, 1.165) is 5.56 Å². The molecule has 0 unspecified atom stereocenters. The highest BCUT2D eigenvalue weighted by Gasteiger charge is 2.36. The van der Waals surface area contributed by atoms with Gasteiger partial charge in [0.05, 0.1) is 12.0 Å². The maximum atomic E-state index is 13.0. The van der Waals surface area contributed by atoms with Gasteiger partial charge < -0.3 is 14.5 Å². The first kappa shape index (κ1) is 18.9. The smallest absolute Gasteiger partial charge is 0.251 e. The van der Waals surface area contributed by atoms with Crippen LogP contribution in [0.5, 0.6) is 0 Å². The lowest BCUT2D eigenvalue weighted by Gasteiger charge is -2.39. The second-order valence-corrected chi connectivity index (χ2v) is 8.03. The Morgan fingerprint density at radius 3 is 2.23 bits per heavy atom. The molecule has 1 heterocycles. The zero-order chi connectivity index (χ0) is 18.7. The maximum absolute atomic E-state index is 13.0. The van der Waals surface area contributed by atoms with E-state index in [9.17, 15) is 9.59 Å². The van der Waals surface area contributed by atoms with Gasteiger partial charge in [0, 0.05) is 26.2 Å². The summed E-state index contributed by atoms with van der Waals surface area (Å²) in [5.74, 6) is 0.814. The molecule has 5 heteroatoms. The minimum Gasteiger partial charge on any atom is -0.368 e. The SMILES string of the molecule is C[C@H](OCC1CC1)C(=O)N1CCN(C(=O)C(C)(C)c2ccccc2)CC1. The van der Waals surface area contributed by atoms with Gasteiger partial charge in [0.2, 0.25) is 5.91 Å². The normalized spacial score (nSPS) is 19.3. The predicted octanol–water partition coefficient (Wildman–Crippen LogP) is 2.45. The average molecular weight is 358 g/mol. The second-order valence-electron chi connectivity index (χ2n) is 8.03. The molecule has 2 aliphatic rings. The Hall–Kier alpha value is -1.88. The molecule has 1 aliphatic heterocycles. The molecule has 1 aliphatic carbocycles. The van der Waals surface area contributed by atoms with E-state index in [1.54, 1.807) is 0 Å². The summed E-state index contributed by atoms with van der Waals surface area (Å²) in [5.41, 5.74) is 0.458. The van der Waals surface area contributed by atoms with Crippen LogP contribution < -0.4 is 0 Å². The number of benzene rings is 1. The summed E-state index contributed by atoms with van der Waals surface area (Å²) >= 11 is 0. The van der Waals surface area contributed by atoms with E-state index < -0.39 is 11.5 Å². The zero-order valence-electron chi connectivity index (χ0n) is 16.1. The Morgan fingerprint density at radius 1 is 1.08 bits per heavy atom. The van der Waals surface area contributed by atoms with E-state index in [1.807, 2.05) is 60.9 Å². The summed E-state index contributed by atoms with van der Waals surface area (Å²) in [5, 5.41) is 0. The van der Waals surface area contributed by atoms with Crippen molar-refractivity contribution in [3.63, 3.8) is 0 Å². The third-order valence-electron chi connectivity index (χ3n) is 5.54. The summed E-state index contributed by atoms with van der Waals surface area (Å²) < 4.78 is 5.70. The van der Waals surface area contributed by atoms with Gasteiger partial charge in [-0.05, 0) is 45.1 Å². The fraction of sp³-hybridized carbons (Fsp3) is 0.619. The summed E-state index contributed by atoms with van der Waals surface area (Å²) in [6.45, 7) is 8.77. The molecule has 142 valence electrons. The fourth-order valence-electron chi connectivity index (χ4n) is 3.40. The van der Waals surface area contributed by atoms with Crippen molar-refractivity contribution in [3.8, 4) is 0 Å². The van der Waals surface area contributed by atoms with Crippen molar-refractivity contribution in [3.05, 3.63) is 35.9 Å². The molecule has 0 N–H and O–H groups in total. The zero-order valence-corrected chi connectivity index (χ0v) is 16.1. The molecule has 5 nitrogen and oxygen atoms in total. The van der Waals surface area contributed by atoms with Gasteiger partial charge in [0.1, 0.15) is 6.10 Å². The highest BCUT2D eigenvalue weighted by atomic mass is 16.5. The number of carbonyl (C=O) groups is 2. The van der Waals surface area contributed by atoms with Gasteiger partial charge in [-0.2, -0.15) is 0 Å². The molecule has 1 aromatic carbocycles. The Labute approximate surface area is 156 Å². The Kier molecular flexibility index (Phi) is 5.66. The van der Waals surface area contributed by atoms with Crippen LogP contribution >= 0.6 is 0 Å². The van der Waals surface area contributed by atoms with E-state index in [4.69, 9.17) is 4.74 Å². The number of hydrogen-bond acceptors (Lipinski definition) is 3. The summed E-state index contributed by atoms with van der Waals surface area (Å²) in [4.78, 5) is 29.2. The monoisotopic (exact) mass is 358 g/mol. The van der Waals surface area contributed by atoms with Crippen LogP contribution in [0.25, 0.3) is 0 Å². The molecular formula is C21H30N2O3. The van der Waals surface area contributed by atoms with Crippen LogP contribution in [-0.4, -0.2) is 60.5 Å². The molecule has 1 aromatic rings. The molecule has 1 saturated carbocycles. The van der Waals surface area contributed by atoms with E-state index in [1.165, 1.54) is 12.8 Å². The summed E-state index contributed by atoms with van der Waals surface area (Å²) in [6, 6.07) is 9.88. The van der Waals surface area contributed by atoms with Crippen LogP contribution in [0, 0.1) is 5.92 Å². The van der Waals surface area contributed by atoms with Crippen molar-refractivity contribution in [2.45, 2.75) is 45.1 Å². The predicted molar refractivity (Wildman–Crippen MR) is 101 cm³/mol. The van der Waals surface area contributed by atoms with Crippen LogP contribution in [0.1, 0.15) is 39.2 Å². The molecule has 0 aromatic heterocycles. The second kappa shape index (κ2) is 7.78. The molecular weight excluding hydrogens is 328 g/mol. The van der Waals surface area contributed by atoms with Crippen LogP contribution in [-0.2, 0) is 19.7 Å². The number of carbonyl (C=O) groups excluding carboxylic acids is 2. The van der Waals surface area contributed by atoms with Crippen molar-refractivity contribution in [1.82, 2.24) is 9.80 Å². The number of piperazine rings is 1. The van der Waals surface area contributed by atoms with E-state index in [2.05, 4.69) is 0 Å². The highest BCUT2D eigenvalue weighted by molar-refractivity contribution is 5.88. The molecule has 0 bridgehead atoms. The maximum Gasteiger partial charge on any atom is 0.251 e. The van der Waals surface area contributed by atoms with E-state index >= 15 is 0 Å². The number of rotatable bonds is 6. The fourth-order valence-corrected chi connectivity index (χ4v) is 3.40. The van der Waals surface area contributed by atoms with Crippen molar-refractivity contribution in [2.24, 2.45) is 5.92 Å². The molecule has 0 radical (unpaired) electrons. The third kappa shape index (κ3) is 4.26. The van der Waals surface area contributed by atoms with Gasteiger partial charge in [-0.3, -0.25) is 9.59 Å². The van der Waals surface area contributed by atoms with Gasteiger partial charge in [-0.15, -0.1) is 0 Å². The third-order valence-corrected chi connectivity index (χ3v) is 5.54. The Balaban J connectivity index is 1.52. The molecule has 1 saturated heterocycles. The van der Waals surface area contributed by atoms with E-state index in [-0.39, 0.29) is 11.8 Å². The van der Waals surface area contributed by atoms with Gasteiger partial charge >= 0.3 is 0 Å². The number of ether oxygens (including phenoxy) is 1. The van der Waals surface area contributed by atoms with Crippen molar-refractivity contribution in [2.75, 3.05) is 32.8 Å². The van der Waals surface area contributed by atoms with Gasteiger partial charge in [-0.1, -0.05) is 30.3 Å². The lowest BCUT2D eigenvalue weighted by Crippen LogP contribution is -2.55. The lowest BCUT2D eigenvalue weighted by molar-refractivity contribution is -0.148. The van der Waals surface area contributed by atoms with Crippen LogP contribution in [0.4, 0.5) is 0 Å². The molecule has 2 amide bonds. The van der Waals surface area contributed by atoms with Crippen LogP contribution in [0.3, 0.4) is 0 Å². The largest absolute Gasteiger partial charge is 0.368 e. The van der Waals surface area contributed by atoms with Gasteiger partial charge in [0.15, 0.2) is 0 Å². The summed E-state index contributed by atoms with van der Waals surface area (Å²) in [6.07, 6.45) is 2.05. The number of amides is 2. The minimum atomic E-state index is -0.561. The number of hydrogen-bond donors (Lipinski definition) is 0. The highest BCUT2D eigenvalue weighted by Crippen LogP contribution is 2.29. The molecule has 3 rings (SSSR count). The average Bonchev–Trinajstić information content (AvgIpc) is 3.50. The van der Waals surface area contributed by atoms with Crippen LogP contribution in [0.2, 0.25) is 0 Å². The topological polar surface area (TPSA) is 49.9 Å². The quantitative estimate of drug-likeness (QED) is 0.785. The lowest BCUT2D eigenvalue weighted by atomic mass is 9.83. The first-order valence-corrected chi connectivity index (χ1v) is 9.65. The standard InChI is InChI=1S/C21H30N2O3/c1-16(26-15-17-9-10-17)19(24)22-11-13-23(14-12-22)20(25)21(2,3)18-7-5-4-6-8-18/h4-8,16-17H,9-15H2,1-3H3/t16-/m0/s1. The van der Waals surface area contributed by atoms with Crippen molar-refractivity contribution >= 4 is 11.8 Å². The summed E-state index contributed by atoms with van der Waals surface area (Å²) in [7, 11) is 0. The van der Waals surface area contributed by atoms with Gasteiger partial charge in [-0.25, -0.2) is 0 Å². The van der Waals surface area contributed by atoms with Crippen molar-refractivity contribution < 1.29 is 14.3 Å². The molecule has 26 heavy (non-hydrogen) atoms. The van der Waals surface area contributed by atoms with Gasteiger partial charge in [0.25, 0.3) is 5.91 Å².